The van der Waals surface area contributed by atoms with Crippen molar-refractivity contribution in [2.24, 2.45) is 0 Å². The topological polar surface area (TPSA) is 38.3 Å². The minimum absolute atomic E-state index is 0.247. The fraction of sp³-hybridized carbons (Fsp3) is 0.300. The molecule has 1 aromatic rings. The fourth-order valence-electron chi connectivity index (χ4n) is 0.895. The molecule has 0 aliphatic heterocycles. The van der Waals surface area contributed by atoms with Crippen LogP contribution in [-0.2, 0) is 9.53 Å². The SMILES string of the molecule is CC(=O)OCCNc1cc[c]cc1. The van der Waals surface area contributed by atoms with E-state index in [0.717, 1.165) is 5.69 Å². The van der Waals surface area contributed by atoms with Gasteiger partial charge in [0.05, 0.1) is 0 Å². The minimum atomic E-state index is -0.247. The number of nitrogens with one attached hydrogen (secondary N) is 1. The number of hydrogen-bond acceptors (Lipinski definition) is 3. The third-order valence-electron chi connectivity index (χ3n) is 1.45. The highest BCUT2D eigenvalue weighted by molar-refractivity contribution is 5.65. The molecule has 0 unspecified atom stereocenters. The highest BCUT2D eigenvalue weighted by Crippen LogP contribution is 2.02. The van der Waals surface area contributed by atoms with E-state index in [9.17, 15) is 4.79 Å². The summed E-state index contributed by atoms with van der Waals surface area (Å²) < 4.78 is 4.75. The first-order chi connectivity index (χ1) is 6.29. The summed E-state index contributed by atoms with van der Waals surface area (Å²) in [5.41, 5.74) is 1.01. The van der Waals surface area contributed by atoms with Crippen LogP contribution in [0.3, 0.4) is 0 Å². The number of rotatable bonds is 4. The van der Waals surface area contributed by atoms with Gasteiger partial charge in [-0.1, -0.05) is 12.1 Å². The lowest BCUT2D eigenvalue weighted by atomic mass is 10.3. The second-order valence-electron chi connectivity index (χ2n) is 2.56. The summed E-state index contributed by atoms with van der Waals surface area (Å²) in [7, 11) is 0. The van der Waals surface area contributed by atoms with Gasteiger partial charge in [0.2, 0.25) is 0 Å². The first kappa shape index (κ1) is 9.58. The van der Waals surface area contributed by atoms with Gasteiger partial charge in [0.1, 0.15) is 6.61 Å². The van der Waals surface area contributed by atoms with Crippen LogP contribution in [0, 0.1) is 6.07 Å². The summed E-state index contributed by atoms with van der Waals surface area (Å²) in [6.07, 6.45) is 0. The van der Waals surface area contributed by atoms with Gasteiger partial charge in [-0.05, 0) is 18.2 Å². The van der Waals surface area contributed by atoms with Crippen LogP contribution in [-0.4, -0.2) is 19.1 Å². The second kappa shape index (κ2) is 5.19. The summed E-state index contributed by atoms with van der Waals surface area (Å²) in [6.45, 7) is 2.43. The Balaban J connectivity index is 2.17. The van der Waals surface area contributed by atoms with Crippen molar-refractivity contribution in [3.63, 3.8) is 0 Å². The van der Waals surface area contributed by atoms with E-state index in [0.29, 0.717) is 13.2 Å². The van der Waals surface area contributed by atoms with Crippen LogP contribution in [0.4, 0.5) is 5.69 Å². The van der Waals surface area contributed by atoms with E-state index in [2.05, 4.69) is 11.4 Å². The molecule has 1 N–H and O–H groups in total. The van der Waals surface area contributed by atoms with Crippen LogP contribution < -0.4 is 5.32 Å². The molecular formula is C10H12NO2. The maximum absolute atomic E-state index is 10.4. The number of anilines is 1. The van der Waals surface area contributed by atoms with Crippen molar-refractivity contribution < 1.29 is 9.53 Å². The lowest BCUT2D eigenvalue weighted by Gasteiger charge is -2.05. The van der Waals surface area contributed by atoms with E-state index < -0.39 is 0 Å². The van der Waals surface area contributed by atoms with Crippen molar-refractivity contribution >= 4 is 11.7 Å². The third-order valence-corrected chi connectivity index (χ3v) is 1.45. The van der Waals surface area contributed by atoms with E-state index in [1.807, 2.05) is 24.3 Å². The molecule has 1 rings (SSSR count). The van der Waals surface area contributed by atoms with Gasteiger partial charge in [-0.25, -0.2) is 0 Å². The summed E-state index contributed by atoms with van der Waals surface area (Å²) in [5, 5.41) is 3.10. The maximum atomic E-state index is 10.4. The van der Waals surface area contributed by atoms with Gasteiger partial charge < -0.3 is 10.1 Å². The van der Waals surface area contributed by atoms with Crippen molar-refractivity contribution in [3.05, 3.63) is 30.3 Å². The molecule has 0 saturated heterocycles. The van der Waals surface area contributed by atoms with E-state index in [1.165, 1.54) is 6.92 Å². The molecule has 0 amide bonds. The Morgan fingerprint density at radius 2 is 2.23 bits per heavy atom. The average Bonchev–Trinajstić information content (AvgIpc) is 2.14. The molecule has 3 nitrogen and oxygen atoms in total. The zero-order valence-electron chi connectivity index (χ0n) is 7.54. The maximum Gasteiger partial charge on any atom is 0.302 e. The van der Waals surface area contributed by atoms with Crippen LogP contribution in [0.5, 0.6) is 0 Å². The highest BCUT2D eigenvalue weighted by atomic mass is 16.5. The Morgan fingerprint density at radius 1 is 1.54 bits per heavy atom. The van der Waals surface area contributed by atoms with E-state index in [1.54, 1.807) is 0 Å². The Hall–Kier alpha value is -1.51. The first-order valence-corrected chi connectivity index (χ1v) is 4.12. The molecule has 0 spiro atoms. The number of esters is 1. The van der Waals surface area contributed by atoms with Gasteiger partial charge in [0.15, 0.2) is 0 Å². The van der Waals surface area contributed by atoms with Crippen LogP contribution in [0.2, 0.25) is 0 Å². The third kappa shape index (κ3) is 4.15. The minimum Gasteiger partial charge on any atom is -0.464 e. The number of ether oxygens (including phenoxy) is 1. The standard InChI is InChI=1S/C10H12NO2/c1-9(12)13-8-7-11-10-5-3-2-4-6-10/h3-6,11H,7-8H2,1H3. The molecule has 0 atom stereocenters. The van der Waals surface area contributed by atoms with Crippen LogP contribution in [0.25, 0.3) is 0 Å². The summed E-state index contributed by atoms with van der Waals surface area (Å²) in [6, 6.07) is 10.4. The van der Waals surface area contributed by atoms with E-state index in [4.69, 9.17) is 4.74 Å². The number of carbonyl (C=O) groups is 1. The molecule has 0 aromatic heterocycles. The number of benzene rings is 1. The molecule has 0 bridgehead atoms. The smallest absolute Gasteiger partial charge is 0.302 e. The van der Waals surface area contributed by atoms with Crippen molar-refractivity contribution in [1.82, 2.24) is 0 Å². The van der Waals surface area contributed by atoms with Gasteiger partial charge in [-0.3, -0.25) is 4.79 Å². The Morgan fingerprint density at radius 3 is 2.85 bits per heavy atom. The molecule has 3 heteroatoms. The fourth-order valence-corrected chi connectivity index (χ4v) is 0.895. The summed E-state index contributed by atoms with van der Waals surface area (Å²) in [5.74, 6) is -0.247. The molecule has 13 heavy (non-hydrogen) atoms. The monoisotopic (exact) mass is 178 g/mol. The summed E-state index contributed by atoms with van der Waals surface area (Å²) >= 11 is 0. The molecular weight excluding hydrogens is 166 g/mol. The van der Waals surface area contributed by atoms with Crippen molar-refractivity contribution in [2.45, 2.75) is 6.92 Å². The molecule has 0 aliphatic rings. The van der Waals surface area contributed by atoms with Gasteiger partial charge in [0.25, 0.3) is 0 Å². The van der Waals surface area contributed by atoms with E-state index in [-0.39, 0.29) is 5.97 Å². The predicted octanol–water partition coefficient (Wildman–Crippen LogP) is 1.46. The Bertz CT molecular complexity index is 259. The van der Waals surface area contributed by atoms with Crippen LogP contribution in [0.15, 0.2) is 24.3 Å². The van der Waals surface area contributed by atoms with Gasteiger partial charge in [-0.2, -0.15) is 0 Å². The number of carbonyl (C=O) groups excluding carboxylic acids is 1. The van der Waals surface area contributed by atoms with Gasteiger partial charge >= 0.3 is 5.97 Å². The normalized spacial score (nSPS) is 9.31. The largest absolute Gasteiger partial charge is 0.464 e. The molecule has 0 aliphatic carbocycles. The van der Waals surface area contributed by atoms with Crippen LogP contribution >= 0.6 is 0 Å². The lowest BCUT2D eigenvalue weighted by Crippen LogP contribution is -2.11. The van der Waals surface area contributed by atoms with Gasteiger partial charge in [-0.15, -0.1) is 0 Å². The van der Waals surface area contributed by atoms with Crippen molar-refractivity contribution in [1.29, 1.82) is 0 Å². The Kier molecular flexibility index (Phi) is 3.82. The lowest BCUT2D eigenvalue weighted by molar-refractivity contribution is -0.140. The van der Waals surface area contributed by atoms with E-state index >= 15 is 0 Å². The second-order valence-corrected chi connectivity index (χ2v) is 2.56. The Labute approximate surface area is 77.7 Å². The molecule has 1 aromatic carbocycles. The molecule has 0 fully saturated rings. The molecule has 0 heterocycles. The van der Waals surface area contributed by atoms with Crippen molar-refractivity contribution in [3.8, 4) is 0 Å². The average molecular weight is 178 g/mol. The quantitative estimate of drug-likeness (QED) is 0.560. The predicted molar refractivity (Wildman–Crippen MR) is 50.4 cm³/mol. The first-order valence-electron chi connectivity index (χ1n) is 4.12. The molecule has 69 valence electrons. The van der Waals surface area contributed by atoms with Crippen molar-refractivity contribution in [2.75, 3.05) is 18.5 Å². The summed E-state index contributed by atoms with van der Waals surface area (Å²) in [4.78, 5) is 10.4. The molecule has 1 radical (unpaired) electrons. The van der Waals surface area contributed by atoms with Gasteiger partial charge in [0, 0.05) is 19.2 Å². The zero-order valence-corrected chi connectivity index (χ0v) is 7.54. The zero-order chi connectivity index (χ0) is 9.52. The number of hydrogen-bond donors (Lipinski definition) is 1. The highest BCUT2D eigenvalue weighted by Gasteiger charge is 1.92. The molecule has 0 saturated carbocycles. The van der Waals surface area contributed by atoms with Crippen LogP contribution in [0.1, 0.15) is 6.92 Å².